The molecule has 0 saturated heterocycles. The van der Waals surface area contributed by atoms with Crippen molar-refractivity contribution in [2.45, 2.75) is 58.8 Å². The van der Waals surface area contributed by atoms with E-state index in [0.717, 1.165) is 41.4 Å². The molecule has 3 heteroatoms. The van der Waals surface area contributed by atoms with Crippen LogP contribution in [0.1, 0.15) is 75.8 Å². The predicted octanol–water partition coefficient (Wildman–Crippen LogP) is 13.2. The van der Waals surface area contributed by atoms with Crippen molar-refractivity contribution >= 4 is 53.6 Å². The van der Waals surface area contributed by atoms with Crippen molar-refractivity contribution in [3.05, 3.63) is 177 Å². The van der Waals surface area contributed by atoms with Crippen LogP contribution in [0.5, 0.6) is 0 Å². The number of halogens is 2. The molecule has 0 bridgehead atoms. The van der Waals surface area contributed by atoms with Crippen LogP contribution in [0.15, 0.2) is 133 Å². The second-order valence-corrected chi connectivity index (χ2v) is 16.7. The van der Waals surface area contributed by atoms with E-state index in [4.69, 9.17) is 23.2 Å². The van der Waals surface area contributed by atoms with Crippen LogP contribution in [0.25, 0.3) is 27.1 Å². The third-order valence-electron chi connectivity index (χ3n) is 8.50. The van der Waals surface area contributed by atoms with Gasteiger partial charge in [0, 0.05) is 10.0 Å². The van der Waals surface area contributed by atoms with Gasteiger partial charge in [-0.05, 0) is 16.9 Å². The zero-order chi connectivity index (χ0) is 34.5. The summed E-state index contributed by atoms with van der Waals surface area (Å²) in [5.41, 5.74) is 7.91. The number of fused-ring (bicyclic) bond motifs is 3. The van der Waals surface area contributed by atoms with Gasteiger partial charge in [-0.1, -0.05) is 113 Å². The molecule has 7 rings (SSSR count). The van der Waals surface area contributed by atoms with Gasteiger partial charge in [0.1, 0.15) is 0 Å². The molecule has 240 valence electrons. The van der Waals surface area contributed by atoms with Crippen molar-refractivity contribution in [2.24, 2.45) is 0 Å². The Hall–Kier alpha value is -3.23. The molecule has 0 amide bonds. The van der Waals surface area contributed by atoms with Gasteiger partial charge in [0.05, 0.1) is 0 Å². The van der Waals surface area contributed by atoms with Crippen molar-refractivity contribution in [1.29, 1.82) is 0 Å². The van der Waals surface area contributed by atoms with Crippen LogP contribution in [0.2, 0.25) is 10.0 Å². The molecule has 0 radical (unpaired) electrons. The molecule has 0 aromatic heterocycles. The van der Waals surface area contributed by atoms with E-state index in [1.807, 2.05) is 24.3 Å². The van der Waals surface area contributed by atoms with Gasteiger partial charge in [-0.15, -0.1) is 57.4 Å². The number of rotatable bonds is 3. The maximum atomic E-state index is 6.05. The quantitative estimate of drug-likeness (QED) is 0.123. The van der Waals surface area contributed by atoms with Crippen molar-refractivity contribution in [3.8, 4) is 0 Å². The minimum atomic E-state index is 0.203. The van der Waals surface area contributed by atoms with Gasteiger partial charge in [-0.2, -0.15) is 17.7 Å². The van der Waals surface area contributed by atoms with Crippen LogP contribution < -0.4 is 0 Å². The zero-order valence-corrected chi connectivity index (χ0v) is 33.8. The van der Waals surface area contributed by atoms with Crippen molar-refractivity contribution in [1.82, 2.24) is 0 Å². The van der Waals surface area contributed by atoms with E-state index in [1.165, 1.54) is 47.1 Å². The van der Waals surface area contributed by atoms with E-state index in [2.05, 4.69) is 151 Å². The molecule has 6 aromatic rings. The Morgan fingerprint density at radius 1 is 0.646 bits per heavy atom. The van der Waals surface area contributed by atoms with E-state index < -0.39 is 0 Å². The summed E-state index contributed by atoms with van der Waals surface area (Å²) in [6.45, 7) is 13.6. The van der Waals surface area contributed by atoms with Crippen LogP contribution in [-0.2, 0) is 34.7 Å². The summed E-state index contributed by atoms with van der Waals surface area (Å²) in [6.07, 6.45) is 8.12. The van der Waals surface area contributed by atoms with E-state index in [-0.39, 0.29) is 10.8 Å². The van der Waals surface area contributed by atoms with E-state index in [9.17, 15) is 0 Å². The van der Waals surface area contributed by atoms with E-state index in [1.54, 1.807) is 6.07 Å². The van der Waals surface area contributed by atoms with E-state index in [0.29, 0.717) is 10.0 Å². The van der Waals surface area contributed by atoms with Gasteiger partial charge in [0.2, 0.25) is 0 Å². The summed E-state index contributed by atoms with van der Waals surface area (Å²) >= 11 is 13.0. The summed E-state index contributed by atoms with van der Waals surface area (Å²) in [6, 6.07) is 43.0. The Kier molecular flexibility index (Phi) is 11.7. The Bertz CT molecular complexity index is 1970. The van der Waals surface area contributed by atoms with Crippen LogP contribution in [0.3, 0.4) is 0 Å². The first-order valence-electron chi connectivity index (χ1n) is 16.4. The molecule has 1 aliphatic carbocycles. The van der Waals surface area contributed by atoms with Gasteiger partial charge in [-0.3, -0.25) is 0 Å². The molecule has 0 atom stereocenters. The first-order chi connectivity index (χ1) is 22.8. The molecule has 0 fully saturated rings. The third kappa shape index (κ3) is 8.86. The summed E-state index contributed by atoms with van der Waals surface area (Å²) in [5.74, 6) is 0. The summed E-state index contributed by atoms with van der Waals surface area (Å²) in [7, 11) is 0. The molecular formula is C45H42Cl2Hf. The van der Waals surface area contributed by atoms with E-state index >= 15 is 0 Å². The van der Waals surface area contributed by atoms with Crippen molar-refractivity contribution in [2.75, 3.05) is 0 Å². The summed E-state index contributed by atoms with van der Waals surface area (Å²) < 4.78 is 1.46. The number of allylic oxidation sites excluding steroid dienone is 4. The monoisotopic (exact) mass is 832 g/mol. The SMILES string of the molecule is CC(C)(C)c1ccc2c(c1)[cH-]c1cc(C(C)(C)C)ccc12.Clc1cccc(C2=[C-]CC=C2)c1Cl.[Hf+2]=[C](c1ccccc1)c1ccccc1. The fourth-order valence-corrected chi connectivity index (χ4v) is 7.23. The van der Waals surface area contributed by atoms with Crippen LogP contribution in [0.4, 0.5) is 0 Å². The van der Waals surface area contributed by atoms with Crippen molar-refractivity contribution in [3.63, 3.8) is 0 Å². The maximum absolute atomic E-state index is 6.05. The Labute approximate surface area is 311 Å². The number of hydrogen-bond acceptors (Lipinski definition) is 0. The fraction of sp³-hybridized carbons (Fsp3) is 0.200. The summed E-state index contributed by atoms with van der Waals surface area (Å²) in [5, 5.41) is 6.68. The Balaban J connectivity index is 0.000000147. The predicted molar refractivity (Wildman–Crippen MR) is 207 cm³/mol. The molecule has 0 heterocycles. The van der Waals surface area contributed by atoms with Gasteiger partial charge in [-0.25, -0.2) is 0 Å². The first-order valence-corrected chi connectivity index (χ1v) is 18.9. The first kappa shape index (κ1) is 36.1. The molecule has 6 aromatic carbocycles. The summed E-state index contributed by atoms with van der Waals surface area (Å²) in [4.78, 5) is 0. The van der Waals surface area contributed by atoms with Gasteiger partial charge in [0.25, 0.3) is 0 Å². The molecule has 0 spiro atoms. The molecule has 0 saturated carbocycles. The standard InChI is InChI=1S/C21H25.C13H10.C11H7Cl2.Hf/c1-20(2,3)16-7-9-18-14(12-16)11-15-13-17(21(4,5)6)8-10-19(15)18;1-3-7-12(8-4-1)11-13-9-5-2-6-10-13;12-10-7-3-6-9(11(10)13)8-4-1-2-5-8;/h7-13H,1-6H3;1-10H;1,3-4,6-7H,2H2;/q-1;;-1;+2. The number of benzene rings is 5. The van der Waals surface area contributed by atoms with Crippen LogP contribution in [-0.4, -0.2) is 3.26 Å². The average molecular weight is 832 g/mol. The Morgan fingerprint density at radius 3 is 1.58 bits per heavy atom. The third-order valence-corrected chi connectivity index (χ3v) is 11.4. The second kappa shape index (κ2) is 15.5. The van der Waals surface area contributed by atoms with Crippen LogP contribution in [0, 0.1) is 6.08 Å². The zero-order valence-electron chi connectivity index (χ0n) is 28.7. The molecule has 0 N–H and O–H groups in total. The second-order valence-electron chi connectivity index (χ2n) is 14.2. The molecule has 0 aliphatic heterocycles. The topological polar surface area (TPSA) is 0 Å². The molecular weight excluding hydrogens is 790 g/mol. The fourth-order valence-electron chi connectivity index (χ4n) is 5.63. The molecule has 0 unspecified atom stereocenters. The van der Waals surface area contributed by atoms with Crippen LogP contribution >= 0.6 is 23.2 Å². The Morgan fingerprint density at radius 2 is 1.15 bits per heavy atom. The normalized spacial score (nSPS) is 12.7. The van der Waals surface area contributed by atoms with Gasteiger partial charge < -0.3 is 0 Å². The van der Waals surface area contributed by atoms with Gasteiger partial charge in [0.15, 0.2) is 0 Å². The average Bonchev–Trinajstić information content (AvgIpc) is 3.74. The molecule has 0 nitrogen and oxygen atoms in total. The molecule has 48 heavy (non-hydrogen) atoms. The van der Waals surface area contributed by atoms with Gasteiger partial charge >= 0.3 is 98.9 Å². The molecule has 1 aliphatic rings. The minimum absolute atomic E-state index is 0.203. The number of hydrogen-bond donors (Lipinski definition) is 0. The van der Waals surface area contributed by atoms with Crippen molar-refractivity contribution < 1.29 is 23.9 Å².